The maximum Gasteiger partial charge on any atom is 0.137 e. The van der Waals surface area contributed by atoms with Crippen molar-refractivity contribution in [2.24, 2.45) is 28.6 Å². The Morgan fingerprint density at radius 1 is 1.29 bits per heavy atom. The lowest BCUT2D eigenvalue weighted by Crippen LogP contribution is -2.62. The van der Waals surface area contributed by atoms with E-state index in [1.165, 1.54) is 0 Å². The van der Waals surface area contributed by atoms with Gasteiger partial charge >= 0.3 is 0 Å². The van der Waals surface area contributed by atoms with Crippen molar-refractivity contribution in [1.29, 1.82) is 0 Å². The Bertz CT molecular complexity index is 277. The van der Waals surface area contributed by atoms with Crippen LogP contribution in [0.2, 0.25) is 0 Å². The fourth-order valence-electron chi connectivity index (χ4n) is 3.82. The number of carbonyl (C=O) groups is 1. The number of hydrogen-bond acceptors (Lipinski definition) is 1. The second-order valence-electron chi connectivity index (χ2n) is 6.47. The van der Waals surface area contributed by atoms with Crippen LogP contribution in [0.1, 0.15) is 47.5 Å². The first-order valence-electron chi connectivity index (χ1n) is 5.83. The molecular formula is C13H22O. The van der Waals surface area contributed by atoms with Gasteiger partial charge in [-0.25, -0.2) is 0 Å². The fraction of sp³-hybridized carbons (Fsp3) is 0.923. The standard InChI is InChI=1S/C13H22O/c1-8(2)13(5)7-10(14)9-6-11(13)12(9,3)4/h8-9,11H,6-7H2,1-5H3/t9-,11+,13+/m1/s1. The van der Waals surface area contributed by atoms with Crippen LogP contribution >= 0.6 is 0 Å². The molecule has 0 aromatic heterocycles. The Hall–Kier alpha value is -0.330. The van der Waals surface area contributed by atoms with E-state index in [0.717, 1.165) is 18.8 Å². The highest BCUT2D eigenvalue weighted by atomic mass is 16.1. The van der Waals surface area contributed by atoms with Gasteiger partial charge in [0, 0.05) is 12.3 Å². The van der Waals surface area contributed by atoms with Crippen LogP contribution in [0, 0.1) is 28.6 Å². The van der Waals surface area contributed by atoms with Gasteiger partial charge in [-0.05, 0) is 29.1 Å². The molecule has 0 aromatic rings. The van der Waals surface area contributed by atoms with E-state index in [0.29, 0.717) is 17.6 Å². The van der Waals surface area contributed by atoms with Gasteiger partial charge in [0.05, 0.1) is 0 Å². The van der Waals surface area contributed by atoms with E-state index in [9.17, 15) is 4.79 Å². The molecule has 0 heterocycles. The summed E-state index contributed by atoms with van der Waals surface area (Å²) in [6.07, 6.45) is 1.98. The molecule has 3 aliphatic rings. The van der Waals surface area contributed by atoms with E-state index in [4.69, 9.17) is 0 Å². The summed E-state index contributed by atoms with van der Waals surface area (Å²) in [6.45, 7) is 11.4. The molecule has 0 aliphatic heterocycles. The van der Waals surface area contributed by atoms with Crippen molar-refractivity contribution >= 4 is 5.78 Å². The normalized spacial score (nSPS) is 45.1. The van der Waals surface area contributed by atoms with Crippen molar-refractivity contribution in [3.05, 3.63) is 0 Å². The van der Waals surface area contributed by atoms with Gasteiger partial charge in [-0.3, -0.25) is 4.79 Å². The number of Topliss-reactive ketones (excluding diaryl/α,β-unsaturated/α-hetero) is 1. The van der Waals surface area contributed by atoms with Gasteiger partial charge in [0.1, 0.15) is 5.78 Å². The molecule has 3 rings (SSSR count). The molecule has 1 nitrogen and oxygen atoms in total. The molecule has 0 radical (unpaired) electrons. The minimum absolute atomic E-state index is 0.259. The monoisotopic (exact) mass is 194 g/mol. The van der Waals surface area contributed by atoms with E-state index >= 15 is 0 Å². The molecule has 0 N–H and O–H groups in total. The van der Waals surface area contributed by atoms with Crippen LogP contribution in [0.5, 0.6) is 0 Å². The van der Waals surface area contributed by atoms with Crippen molar-refractivity contribution < 1.29 is 4.79 Å². The van der Waals surface area contributed by atoms with E-state index in [1.54, 1.807) is 0 Å². The highest BCUT2D eigenvalue weighted by molar-refractivity contribution is 5.85. The van der Waals surface area contributed by atoms with Crippen molar-refractivity contribution in [1.82, 2.24) is 0 Å². The van der Waals surface area contributed by atoms with E-state index in [1.807, 2.05) is 0 Å². The highest BCUT2D eigenvalue weighted by Crippen LogP contribution is 2.66. The maximum atomic E-state index is 12.0. The topological polar surface area (TPSA) is 17.1 Å². The van der Waals surface area contributed by atoms with Crippen molar-refractivity contribution in [3.63, 3.8) is 0 Å². The number of rotatable bonds is 1. The minimum Gasteiger partial charge on any atom is -0.299 e. The Kier molecular flexibility index (Phi) is 1.91. The molecular weight excluding hydrogens is 172 g/mol. The van der Waals surface area contributed by atoms with Crippen LogP contribution in [0.4, 0.5) is 0 Å². The SMILES string of the molecule is CC(C)[C@]1(C)CC(=O)[C@H]2C[C@H]1C2(C)C. The zero-order chi connectivity index (χ0) is 10.7. The average molecular weight is 194 g/mol. The lowest BCUT2D eigenvalue weighted by atomic mass is 9.39. The molecule has 3 saturated carbocycles. The molecule has 1 heteroatoms. The molecule has 0 spiro atoms. The van der Waals surface area contributed by atoms with Crippen molar-refractivity contribution in [3.8, 4) is 0 Å². The van der Waals surface area contributed by atoms with Gasteiger partial charge in [-0.2, -0.15) is 0 Å². The maximum absolute atomic E-state index is 12.0. The summed E-state index contributed by atoms with van der Waals surface area (Å²) in [5, 5.41) is 0. The Morgan fingerprint density at radius 3 is 2.21 bits per heavy atom. The number of fused-ring (bicyclic) bond motifs is 2. The van der Waals surface area contributed by atoms with Crippen LogP contribution in [0.15, 0.2) is 0 Å². The first kappa shape index (κ1) is 10.2. The summed E-state index contributed by atoms with van der Waals surface area (Å²) in [5.41, 5.74) is 0.531. The molecule has 80 valence electrons. The summed E-state index contributed by atoms with van der Waals surface area (Å²) in [4.78, 5) is 12.0. The molecule has 3 atom stereocenters. The van der Waals surface area contributed by atoms with Gasteiger partial charge in [-0.1, -0.05) is 34.6 Å². The van der Waals surface area contributed by atoms with Gasteiger partial charge < -0.3 is 0 Å². The first-order valence-corrected chi connectivity index (χ1v) is 5.83. The van der Waals surface area contributed by atoms with Crippen LogP contribution < -0.4 is 0 Å². The summed E-state index contributed by atoms with van der Waals surface area (Å²) < 4.78 is 0. The predicted octanol–water partition coefficient (Wildman–Crippen LogP) is 3.28. The Morgan fingerprint density at radius 2 is 1.86 bits per heavy atom. The molecule has 3 fully saturated rings. The zero-order valence-electron chi connectivity index (χ0n) is 10.1. The first-order chi connectivity index (χ1) is 6.30. The zero-order valence-corrected chi connectivity index (χ0v) is 10.1. The molecule has 2 bridgehead atoms. The van der Waals surface area contributed by atoms with Crippen LogP contribution in [-0.2, 0) is 4.79 Å². The second kappa shape index (κ2) is 2.62. The largest absolute Gasteiger partial charge is 0.299 e. The number of carbonyl (C=O) groups excluding carboxylic acids is 1. The predicted molar refractivity (Wildman–Crippen MR) is 57.9 cm³/mol. The van der Waals surface area contributed by atoms with Crippen LogP contribution in [0.3, 0.4) is 0 Å². The van der Waals surface area contributed by atoms with E-state index in [-0.39, 0.29) is 10.8 Å². The quantitative estimate of drug-likeness (QED) is 0.626. The Labute approximate surface area is 87.3 Å². The van der Waals surface area contributed by atoms with Crippen LogP contribution in [-0.4, -0.2) is 5.78 Å². The Balaban J connectivity index is 2.35. The fourth-order valence-corrected chi connectivity index (χ4v) is 3.82. The third-order valence-electron chi connectivity index (χ3n) is 5.33. The average Bonchev–Trinajstić information content (AvgIpc) is 2.01. The van der Waals surface area contributed by atoms with Gasteiger partial charge in [0.25, 0.3) is 0 Å². The van der Waals surface area contributed by atoms with Crippen molar-refractivity contribution in [2.45, 2.75) is 47.5 Å². The molecule has 3 aliphatic carbocycles. The lowest BCUT2D eigenvalue weighted by Gasteiger charge is -2.64. The molecule has 0 amide bonds. The van der Waals surface area contributed by atoms with Crippen LogP contribution in [0.25, 0.3) is 0 Å². The molecule has 0 aromatic carbocycles. The molecule has 14 heavy (non-hydrogen) atoms. The molecule has 0 unspecified atom stereocenters. The van der Waals surface area contributed by atoms with E-state index in [2.05, 4.69) is 34.6 Å². The lowest BCUT2D eigenvalue weighted by molar-refractivity contribution is -0.181. The highest BCUT2D eigenvalue weighted by Gasteiger charge is 2.63. The minimum atomic E-state index is 0.259. The van der Waals surface area contributed by atoms with E-state index < -0.39 is 0 Å². The summed E-state index contributed by atoms with van der Waals surface area (Å²) in [5.74, 6) is 2.28. The smallest absolute Gasteiger partial charge is 0.137 e. The number of ketones is 1. The second-order valence-corrected chi connectivity index (χ2v) is 6.47. The third kappa shape index (κ3) is 0.988. The number of hydrogen-bond donors (Lipinski definition) is 0. The van der Waals surface area contributed by atoms with Gasteiger partial charge in [0.15, 0.2) is 0 Å². The molecule has 0 saturated heterocycles. The summed E-state index contributed by atoms with van der Waals surface area (Å²) in [7, 11) is 0. The van der Waals surface area contributed by atoms with Gasteiger partial charge in [0.2, 0.25) is 0 Å². The van der Waals surface area contributed by atoms with Gasteiger partial charge in [-0.15, -0.1) is 0 Å². The summed E-state index contributed by atoms with van der Waals surface area (Å²) >= 11 is 0. The third-order valence-corrected chi connectivity index (χ3v) is 5.33. The van der Waals surface area contributed by atoms with Crippen molar-refractivity contribution in [2.75, 3.05) is 0 Å². The summed E-state index contributed by atoms with van der Waals surface area (Å²) in [6, 6.07) is 0.